The molecule has 0 fully saturated rings. The van der Waals surface area contributed by atoms with Crippen LogP contribution in [0.2, 0.25) is 5.02 Å². The van der Waals surface area contributed by atoms with E-state index in [1.54, 1.807) is 6.07 Å². The van der Waals surface area contributed by atoms with Gasteiger partial charge in [0.1, 0.15) is 4.88 Å². The monoisotopic (exact) mass is 381 g/mol. The highest BCUT2D eigenvalue weighted by atomic mass is 35.5. The van der Waals surface area contributed by atoms with E-state index in [2.05, 4.69) is 15.5 Å². The molecule has 0 aliphatic heterocycles. The summed E-state index contributed by atoms with van der Waals surface area (Å²) in [5.41, 5.74) is 3.25. The summed E-state index contributed by atoms with van der Waals surface area (Å²) in [4.78, 5) is 27.6. The van der Waals surface area contributed by atoms with Gasteiger partial charge in [0, 0.05) is 15.6 Å². The van der Waals surface area contributed by atoms with Crippen molar-refractivity contribution in [2.45, 2.75) is 0 Å². The van der Waals surface area contributed by atoms with Gasteiger partial charge in [-0.15, -0.1) is 11.3 Å². The van der Waals surface area contributed by atoms with E-state index in [1.807, 2.05) is 48.5 Å². The molecule has 0 saturated carbocycles. The minimum atomic E-state index is -0.412. The molecule has 0 radical (unpaired) electrons. The quantitative estimate of drug-likeness (QED) is 0.413. The van der Waals surface area contributed by atoms with Crippen molar-refractivity contribution >= 4 is 56.0 Å². The van der Waals surface area contributed by atoms with E-state index >= 15 is 0 Å². The van der Waals surface area contributed by atoms with E-state index in [1.165, 1.54) is 17.6 Å². The van der Waals surface area contributed by atoms with E-state index in [4.69, 9.17) is 11.6 Å². The number of aromatic amines is 1. The summed E-state index contributed by atoms with van der Waals surface area (Å²) in [7, 11) is 0. The highest BCUT2D eigenvalue weighted by Crippen LogP contribution is 2.34. The lowest BCUT2D eigenvalue weighted by molar-refractivity contribution is 0.0959. The van der Waals surface area contributed by atoms with Gasteiger partial charge in [-0.05, 0) is 23.6 Å². The minimum Gasteiger partial charge on any atom is -0.321 e. The normalized spacial score (nSPS) is 11.4. The van der Waals surface area contributed by atoms with Crippen LogP contribution >= 0.6 is 22.9 Å². The molecule has 0 unspecified atom stereocenters. The fourth-order valence-corrected chi connectivity index (χ4v) is 4.04. The van der Waals surface area contributed by atoms with Crippen molar-refractivity contribution in [3.63, 3.8) is 0 Å². The van der Waals surface area contributed by atoms with E-state index in [0.29, 0.717) is 15.5 Å². The maximum Gasteiger partial charge on any atom is 0.283 e. The van der Waals surface area contributed by atoms with Gasteiger partial charge < -0.3 is 4.98 Å². The third kappa shape index (κ3) is 3.00. The van der Waals surface area contributed by atoms with E-state index in [9.17, 15) is 9.59 Å². The molecule has 128 valence electrons. The maximum absolute atomic E-state index is 12.3. The zero-order valence-corrected chi connectivity index (χ0v) is 14.9. The number of carbonyl (C=O) groups is 1. The Morgan fingerprint density at radius 2 is 1.92 bits per heavy atom. The second-order valence-corrected chi connectivity index (χ2v) is 7.01. The number of benzene rings is 2. The number of halogens is 1. The second-order valence-electron chi connectivity index (χ2n) is 5.58. The molecule has 0 spiro atoms. The number of nitrogens with zero attached hydrogens (tertiary/aromatic N) is 1. The van der Waals surface area contributed by atoms with Crippen molar-refractivity contribution in [3.05, 3.63) is 80.4 Å². The van der Waals surface area contributed by atoms with Crippen LogP contribution in [0.3, 0.4) is 0 Å². The number of hydrogen-bond donors (Lipinski definition) is 2. The lowest BCUT2D eigenvalue weighted by atomic mass is 10.2. The Morgan fingerprint density at radius 1 is 1.15 bits per heavy atom. The fourth-order valence-electron chi connectivity index (χ4n) is 2.63. The molecule has 2 aromatic heterocycles. The Hall–Kier alpha value is -2.96. The van der Waals surface area contributed by atoms with Crippen LogP contribution in [-0.4, -0.2) is 17.1 Å². The second kappa shape index (κ2) is 6.74. The topological polar surface area (TPSA) is 74.3 Å². The van der Waals surface area contributed by atoms with Gasteiger partial charge >= 0.3 is 0 Å². The van der Waals surface area contributed by atoms with Gasteiger partial charge in [0.15, 0.2) is 0 Å². The van der Waals surface area contributed by atoms with Gasteiger partial charge in [-0.3, -0.25) is 9.59 Å². The highest BCUT2D eigenvalue weighted by molar-refractivity contribution is 7.21. The maximum atomic E-state index is 12.3. The molecule has 7 heteroatoms. The van der Waals surface area contributed by atoms with Crippen molar-refractivity contribution < 1.29 is 4.79 Å². The van der Waals surface area contributed by atoms with Crippen LogP contribution in [-0.2, 0) is 0 Å². The van der Waals surface area contributed by atoms with Crippen molar-refractivity contribution in [3.8, 4) is 0 Å². The van der Waals surface area contributed by atoms with Crippen LogP contribution in [0, 0.1) is 0 Å². The molecule has 0 atom stereocenters. The molecule has 5 nitrogen and oxygen atoms in total. The predicted molar refractivity (Wildman–Crippen MR) is 106 cm³/mol. The molecule has 0 saturated heterocycles. The predicted octanol–water partition coefficient (Wildman–Crippen LogP) is 4.16. The van der Waals surface area contributed by atoms with Crippen molar-refractivity contribution in [2.75, 3.05) is 0 Å². The average Bonchev–Trinajstić information content (AvgIpc) is 2.99. The first-order valence-electron chi connectivity index (χ1n) is 7.76. The standard InChI is InChI=1S/C19H12ClN3O2S/c20-16-13-6-2-4-8-15(13)26-17(16)19(25)23-21-10-12-9-11-5-1-3-7-14(11)22-18(12)24/h1-10H,(H,22,24)(H,23,25)/b21-10-. The average molecular weight is 382 g/mol. The number of amides is 1. The van der Waals surface area contributed by atoms with Gasteiger partial charge in [0.05, 0.1) is 16.8 Å². The van der Waals surface area contributed by atoms with Crippen LogP contribution in [0.4, 0.5) is 0 Å². The summed E-state index contributed by atoms with van der Waals surface area (Å²) < 4.78 is 0.928. The van der Waals surface area contributed by atoms with Gasteiger partial charge in [-0.1, -0.05) is 48.0 Å². The SMILES string of the molecule is O=C(N/N=C\c1cc2ccccc2[nH]c1=O)c1sc2ccccc2c1Cl. The molecule has 26 heavy (non-hydrogen) atoms. The van der Waals surface area contributed by atoms with E-state index in [-0.39, 0.29) is 5.56 Å². The Balaban J connectivity index is 1.58. The summed E-state index contributed by atoms with van der Waals surface area (Å²) in [6, 6.07) is 16.7. The van der Waals surface area contributed by atoms with Crippen LogP contribution in [0.5, 0.6) is 0 Å². The Kier molecular flexibility index (Phi) is 4.28. The summed E-state index contributed by atoms with van der Waals surface area (Å²) in [5.74, 6) is -0.412. The van der Waals surface area contributed by atoms with Crippen molar-refractivity contribution in [2.24, 2.45) is 5.10 Å². The molecule has 0 aliphatic rings. The number of carbonyl (C=O) groups excluding carboxylic acids is 1. The first-order chi connectivity index (χ1) is 12.6. The Morgan fingerprint density at radius 3 is 2.77 bits per heavy atom. The third-order valence-electron chi connectivity index (χ3n) is 3.89. The number of rotatable bonds is 3. The minimum absolute atomic E-state index is 0.276. The zero-order valence-electron chi connectivity index (χ0n) is 13.3. The van der Waals surface area contributed by atoms with Crippen LogP contribution in [0.15, 0.2) is 64.5 Å². The summed E-state index contributed by atoms with van der Waals surface area (Å²) in [5, 5.41) is 6.02. The molecular formula is C19H12ClN3O2S. The lowest BCUT2D eigenvalue weighted by Crippen LogP contribution is -2.18. The molecule has 0 aliphatic carbocycles. The lowest BCUT2D eigenvalue weighted by Gasteiger charge is -1.99. The first-order valence-corrected chi connectivity index (χ1v) is 8.95. The molecule has 2 N–H and O–H groups in total. The van der Waals surface area contributed by atoms with Gasteiger partial charge in [0.25, 0.3) is 11.5 Å². The van der Waals surface area contributed by atoms with Crippen molar-refractivity contribution in [1.82, 2.24) is 10.4 Å². The zero-order chi connectivity index (χ0) is 18.1. The van der Waals surface area contributed by atoms with Gasteiger partial charge in [0.2, 0.25) is 0 Å². The molecule has 4 aromatic rings. The highest BCUT2D eigenvalue weighted by Gasteiger charge is 2.16. The number of pyridine rings is 1. The first kappa shape index (κ1) is 16.5. The molecular weight excluding hydrogens is 370 g/mol. The van der Waals surface area contributed by atoms with Crippen LogP contribution in [0.25, 0.3) is 21.0 Å². The molecule has 2 heterocycles. The summed E-state index contributed by atoms with van der Waals surface area (Å²) in [6.45, 7) is 0. The summed E-state index contributed by atoms with van der Waals surface area (Å²) in [6.07, 6.45) is 1.32. The number of H-pyrrole nitrogens is 1. The van der Waals surface area contributed by atoms with Crippen molar-refractivity contribution in [1.29, 1.82) is 0 Å². The molecule has 0 bridgehead atoms. The Labute approximate surface area is 156 Å². The van der Waals surface area contributed by atoms with Gasteiger partial charge in [-0.25, -0.2) is 5.43 Å². The fraction of sp³-hybridized carbons (Fsp3) is 0. The van der Waals surface area contributed by atoms with E-state index < -0.39 is 5.91 Å². The van der Waals surface area contributed by atoms with E-state index in [0.717, 1.165) is 21.0 Å². The number of para-hydroxylation sites is 1. The molecule has 4 rings (SSSR count). The number of thiophene rings is 1. The summed E-state index contributed by atoms with van der Waals surface area (Å²) >= 11 is 7.58. The number of fused-ring (bicyclic) bond motifs is 2. The largest absolute Gasteiger partial charge is 0.321 e. The smallest absolute Gasteiger partial charge is 0.283 e. The molecule has 2 aromatic carbocycles. The van der Waals surface area contributed by atoms with Crippen LogP contribution < -0.4 is 11.0 Å². The number of hydrogen-bond acceptors (Lipinski definition) is 4. The molecule has 1 amide bonds. The number of nitrogens with one attached hydrogen (secondary N) is 2. The Bertz CT molecular complexity index is 1230. The van der Waals surface area contributed by atoms with Crippen LogP contribution in [0.1, 0.15) is 15.2 Å². The van der Waals surface area contributed by atoms with Gasteiger partial charge in [-0.2, -0.15) is 5.10 Å². The third-order valence-corrected chi connectivity index (χ3v) is 5.57. The number of hydrazone groups is 1. The number of aromatic nitrogens is 1.